The molecule has 148 valence electrons. The van der Waals surface area contributed by atoms with Crippen molar-refractivity contribution in [2.45, 2.75) is 12.3 Å². The van der Waals surface area contributed by atoms with Gasteiger partial charge in [-0.15, -0.1) is 0 Å². The lowest BCUT2D eigenvalue weighted by Crippen LogP contribution is -2.34. The SMILES string of the molecule is COc1cc([C@@H]2CC(=O)N(c3ccccc3)c3c2sc(=O)n3C)cc2c1OCO2. The second kappa shape index (κ2) is 6.66. The Morgan fingerprint density at radius 2 is 1.93 bits per heavy atom. The standard InChI is InChI=1S/C21H18N2O5S/c1-22-20-19(29-21(22)25)14(10-17(24)23(20)13-6-4-3-5-7-13)12-8-15(26-2)18-16(9-12)27-11-28-18/h3-9,14H,10-11H2,1-2H3/t14-/m0/s1. The fourth-order valence-electron chi connectivity index (χ4n) is 3.89. The van der Waals surface area contributed by atoms with Crippen LogP contribution in [0.1, 0.15) is 22.8 Å². The molecule has 2 aliphatic heterocycles. The van der Waals surface area contributed by atoms with E-state index in [1.54, 1.807) is 23.6 Å². The highest BCUT2D eigenvalue weighted by molar-refractivity contribution is 7.10. The molecule has 8 heteroatoms. The van der Waals surface area contributed by atoms with E-state index in [-0.39, 0.29) is 29.9 Å². The summed E-state index contributed by atoms with van der Waals surface area (Å²) >= 11 is 1.17. The fourth-order valence-corrected chi connectivity index (χ4v) is 4.98. The number of para-hydroxylation sites is 1. The van der Waals surface area contributed by atoms with E-state index < -0.39 is 0 Å². The molecular weight excluding hydrogens is 392 g/mol. The Bertz CT molecular complexity index is 1170. The van der Waals surface area contributed by atoms with Crippen LogP contribution in [0.3, 0.4) is 0 Å². The summed E-state index contributed by atoms with van der Waals surface area (Å²) in [5.41, 5.74) is 1.60. The maximum absolute atomic E-state index is 13.2. The fraction of sp³-hybridized carbons (Fsp3) is 0.238. The minimum Gasteiger partial charge on any atom is -0.493 e. The van der Waals surface area contributed by atoms with Gasteiger partial charge in [-0.25, -0.2) is 0 Å². The van der Waals surface area contributed by atoms with Crippen molar-refractivity contribution in [2.24, 2.45) is 7.05 Å². The molecule has 3 aromatic rings. The molecule has 2 aliphatic rings. The molecular formula is C21H18N2O5S. The lowest BCUT2D eigenvalue weighted by molar-refractivity contribution is -0.118. The average molecular weight is 410 g/mol. The third-order valence-electron chi connectivity index (χ3n) is 5.26. The van der Waals surface area contributed by atoms with Crippen LogP contribution in [0, 0.1) is 0 Å². The van der Waals surface area contributed by atoms with Crippen LogP contribution in [0.15, 0.2) is 47.3 Å². The number of rotatable bonds is 3. The zero-order chi connectivity index (χ0) is 20.1. The summed E-state index contributed by atoms with van der Waals surface area (Å²) < 4.78 is 18.0. The van der Waals surface area contributed by atoms with Gasteiger partial charge in [0.2, 0.25) is 18.4 Å². The molecule has 0 aliphatic carbocycles. The maximum Gasteiger partial charge on any atom is 0.308 e. The minimum atomic E-state index is -0.264. The van der Waals surface area contributed by atoms with Crippen LogP contribution in [0.25, 0.3) is 0 Å². The highest BCUT2D eigenvalue weighted by atomic mass is 32.1. The number of anilines is 2. The van der Waals surface area contributed by atoms with Crippen molar-refractivity contribution in [1.82, 2.24) is 4.57 Å². The van der Waals surface area contributed by atoms with E-state index in [2.05, 4.69) is 0 Å². The third kappa shape index (κ3) is 2.71. The molecule has 0 bridgehead atoms. The van der Waals surface area contributed by atoms with Gasteiger partial charge >= 0.3 is 4.87 Å². The van der Waals surface area contributed by atoms with Crippen molar-refractivity contribution in [3.05, 3.63) is 62.6 Å². The Hall–Kier alpha value is -3.26. The number of amides is 1. The molecule has 2 aromatic carbocycles. The Labute approximate surface area is 170 Å². The molecule has 0 saturated heterocycles. The number of hydrogen-bond acceptors (Lipinski definition) is 6. The molecule has 0 saturated carbocycles. The number of thiazole rings is 1. The maximum atomic E-state index is 13.2. The van der Waals surface area contributed by atoms with Gasteiger partial charge in [-0.3, -0.25) is 19.1 Å². The summed E-state index contributed by atoms with van der Waals surface area (Å²) in [5.74, 6) is 1.98. The molecule has 5 rings (SSSR count). The van der Waals surface area contributed by atoms with Crippen molar-refractivity contribution in [2.75, 3.05) is 18.8 Å². The molecule has 1 aromatic heterocycles. The number of aromatic nitrogens is 1. The molecule has 3 heterocycles. The molecule has 1 atom stereocenters. The molecule has 0 radical (unpaired) electrons. The van der Waals surface area contributed by atoms with Crippen LogP contribution < -0.4 is 24.0 Å². The summed E-state index contributed by atoms with van der Waals surface area (Å²) in [7, 11) is 3.26. The van der Waals surface area contributed by atoms with Crippen molar-refractivity contribution >= 4 is 28.7 Å². The molecule has 1 amide bonds. The van der Waals surface area contributed by atoms with Crippen LogP contribution in [0.5, 0.6) is 17.2 Å². The predicted octanol–water partition coefficient (Wildman–Crippen LogP) is 3.38. The number of nitrogens with zero attached hydrogens (tertiary/aromatic N) is 2. The second-order valence-corrected chi connectivity index (χ2v) is 7.89. The smallest absolute Gasteiger partial charge is 0.308 e. The van der Waals surface area contributed by atoms with Gasteiger partial charge in [0.1, 0.15) is 5.82 Å². The van der Waals surface area contributed by atoms with E-state index in [0.717, 1.165) is 16.1 Å². The summed E-state index contributed by atoms with van der Waals surface area (Å²) in [6.07, 6.45) is 0.241. The first-order valence-corrected chi connectivity index (χ1v) is 9.95. The first kappa shape index (κ1) is 17.8. The van der Waals surface area contributed by atoms with E-state index in [9.17, 15) is 9.59 Å². The Morgan fingerprint density at radius 1 is 1.14 bits per heavy atom. The lowest BCUT2D eigenvalue weighted by atomic mass is 9.90. The van der Waals surface area contributed by atoms with E-state index in [4.69, 9.17) is 14.2 Å². The van der Waals surface area contributed by atoms with E-state index in [1.807, 2.05) is 42.5 Å². The van der Waals surface area contributed by atoms with Gasteiger partial charge in [-0.1, -0.05) is 29.5 Å². The number of hydrogen-bond donors (Lipinski definition) is 0. The van der Waals surface area contributed by atoms with Crippen molar-refractivity contribution in [3.8, 4) is 17.2 Å². The van der Waals surface area contributed by atoms with Gasteiger partial charge in [0.25, 0.3) is 0 Å². The number of benzene rings is 2. The minimum absolute atomic E-state index is 0.0706. The molecule has 29 heavy (non-hydrogen) atoms. The van der Waals surface area contributed by atoms with Crippen LogP contribution in [-0.4, -0.2) is 24.4 Å². The van der Waals surface area contributed by atoms with E-state index in [1.165, 1.54) is 11.3 Å². The summed E-state index contributed by atoms with van der Waals surface area (Å²) in [6.45, 7) is 0.129. The van der Waals surface area contributed by atoms with Gasteiger partial charge in [0, 0.05) is 19.4 Å². The Balaban J connectivity index is 1.68. The number of fused-ring (bicyclic) bond motifs is 2. The van der Waals surface area contributed by atoms with Crippen LogP contribution in [-0.2, 0) is 11.8 Å². The zero-order valence-corrected chi connectivity index (χ0v) is 16.7. The quantitative estimate of drug-likeness (QED) is 0.662. The monoisotopic (exact) mass is 410 g/mol. The van der Waals surface area contributed by atoms with Crippen molar-refractivity contribution in [3.63, 3.8) is 0 Å². The molecule has 7 nitrogen and oxygen atoms in total. The average Bonchev–Trinajstić information content (AvgIpc) is 3.32. The Morgan fingerprint density at radius 3 is 2.69 bits per heavy atom. The van der Waals surface area contributed by atoms with Gasteiger partial charge < -0.3 is 14.2 Å². The molecule has 0 N–H and O–H groups in total. The number of carbonyl (C=O) groups is 1. The van der Waals surface area contributed by atoms with Gasteiger partial charge in [-0.2, -0.15) is 0 Å². The Kier molecular flexibility index (Phi) is 4.09. The van der Waals surface area contributed by atoms with Crippen molar-refractivity contribution < 1.29 is 19.0 Å². The molecule has 0 spiro atoms. The summed E-state index contributed by atoms with van der Waals surface area (Å²) in [6, 6.07) is 13.1. The number of ether oxygens (including phenoxy) is 3. The lowest BCUT2D eigenvalue weighted by Gasteiger charge is -2.32. The highest BCUT2D eigenvalue weighted by Crippen LogP contribution is 2.49. The van der Waals surface area contributed by atoms with Gasteiger partial charge in [0.05, 0.1) is 17.7 Å². The number of carbonyl (C=O) groups excluding carboxylic acids is 1. The largest absolute Gasteiger partial charge is 0.493 e. The van der Waals surface area contributed by atoms with E-state index >= 15 is 0 Å². The van der Waals surface area contributed by atoms with Crippen LogP contribution in [0.4, 0.5) is 11.5 Å². The van der Waals surface area contributed by atoms with Gasteiger partial charge in [-0.05, 0) is 29.8 Å². The predicted molar refractivity (Wildman–Crippen MR) is 109 cm³/mol. The second-order valence-electron chi connectivity index (χ2n) is 6.89. The normalized spacial score (nSPS) is 17.4. The van der Waals surface area contributed by atoms with Gasteiger partial charge in [0.15, 0.2) is 11.5 Å². The van der Waals surface area contributed by atoms with Crippen LogP contribution >= 0.6 is 11.3 Å². The van der Waals surface area contributed by atoms with Crippen molar-refractivity contribution in [1.29, 1.82) is 0 Å². The molecule has 0 unspecified atom stereocenters. The summed E-state index contributed by atoms with van der Waals surface area (Å²) in [5, 5.41) is 0. The molecule has 0 fully saturated rings. The first-order valence-electron chi connectivity index (χ1n) is 9.13. The number of methoxy groups -OCH3 is 1. The van der Waals surface area contributed by atoms with E-state index in [0.29, 0.717) is 23.1 Å². The summed E-state index contributed by atoms with van der Waals surface area (Å²) in [4.78, 5) is 28.1. The van der Waals surface area contributed by atoms with Crippen LogP contribution in [0.2, 0.25) is 0 Å². The third-order valence-corrected chi connectivity index (χ3v) is 6.40. The zero-order valence-electron chi connectivity index (χ0n) is 15.9. The topological polar surface area (TPSA) is 70.0 Å². The highest BCUT2D eigenvalue weighted by Gasteiger charge is 2.38. The first-order chi connectivity index (χ1) is 14.1.